The summed E-state index contributed by atoms with van der Waals surface area (Å²) >= 11 is 0. The quantitative estimate of drug-likeness (QED) is 0.836. The summed E-state index contributed by atoms with van der Waals surface area (Å²) in [7, 11) is -3.79. The van der Waals surface area contributed by atoms with Crippen LogP contribution in [0.15, 0.2) is 42.5 Å². The minimum atomic E-state index is -3.79. The molecule has 1 aliphatic carbocycles. The van der Waals surface area contributed by atoms with Crippen LogP contribution in [-0.2, 0) is 14.8 Å². The first-order valence-electron chi connectivity index (χ1n) is 9.44. The average molecular weight is 401 g/mol. The van der Waals surface area contributed by atoms with E-state index in [1.807, 2.05) is 39.0 Å². The van der Waals surface area contributed by atoms with Crippen LogP contribution in [0.2, 0.25) is 0 Å². The van der Waals surface area contributed by atoms with Gasteiger partial charge in [-0.3, -0.25) is 9.10 Å². The highest BCUT2D eigenvalue weighted by Crippen LogP contribution is 2.59. The molecule has 1 saturated heterocycles. The number of hydrogen-bond acceptors (Lipinski definition) is 4. The van der Waals surface area contributed by atoms with E-state index >= 15 is 0 Å². The minimum absolute atomic E-state index is 0.181. The Morgan fingerprint density at radius 2 is 1.82 bits per heavy atom. The highest BCUT2D eigenvalue weighted by molar-refractivity contribution is 7.95. The van der Waals surface area contributed by atoms with E-state index in [1.54, 1.807) is 24.3 Å². The number of hydrogen-bond donors (Lipinski definition) is 1. The maximum Gasteiger partial charge on any atom is 0.250 e. The van der Waals surface area contributed by atoms with Gasteiger partial charge in [-0.1, -0.05) is 18.2 Å². The molecule has 2 fully saturated rings. The van der Waals surface area contributed by atoms with Gasteiger partial charge in [-0.25, -0.2) is 8.42 Å². The predicted molar refractivity (Wildman–Crippen MR) is 109 cm³/mol. The van der Waals surface area contributed by atoms with Gasteiger partial charge < -0.3 is 10.1 Å². The van der Waals surface area contributed by atoms with Gasteiger partial charge in [0.05, 0.1) is 12.3 Å². The van der Waals surface area contributed by atoms with Crippen molar-refractivity contribution in [1.82, 2.24) is 0 Å². The van der Waals surface area contributed by atoms with Crippen LogP contribution in [0.25, 0.3) is 0 Å². The molecule has 2 atom stereocenters. The van der Waals surface area contributed by atoms with E-state index in [-0.39, 0.29) is 5.92 Å². The molecule has 1 amide bonds. The van der Waals surface area contributed by atoms with Gasteiger partial charge in [0.15, 0.2) is 4.75 Å². The number of nitrogens with one attached hydrogen (secondary N) is 1. The lowest BCUT2D eigenvalue weighted by atomic mass is 10.1. The number of sulfonamides is 1. The summed E-state index contributed by atoms with van der Waals surface area (Å²) in [6.45, 7) is 6.60. The molecule has 0 unspecified atom stereocenters. The lowest BCUT2D eigenvalue weighted by Gasteiger charge is -2.26. The van der Waals surface area contributed by atoms with Gasteiger partial charge in [-0.15, -0.1) is 0 Å². The lowest BCUT2D eigenvalue weighted by molar-refractivity contribution is -0.116. The summed E-state index contributed by atoms with van der Waals surface area (Å²) in [4.78, 5) is 13.0. The maximum absolute atomic E-state index is 13.4. The van der Waals surface area contributed by atoms with Gasteiger partial charge in [0.1, 0.15) is 5.75 Å². The molecule has 0 spiro atoms. The van der Waals surface area contributed by atoms with Crippen molar-refractivity contribution in [3.05, 3.63) is 53.6 Å². The van der Waals surface area contributed by atoms with Crippen molar-refractivity contribution in [3.8, 4) is 5.75 Å². The molecule has 1 saturated carbocycles. The second kappa shape index (κ2) is 6.51. The molecule has 28 heavy (non-hydrogen) atoms. The van der Waals surface area contributed by atoms with E-state index in [0.29, 0.717) is 36.7 Å². The standard InChI is InChI=1S/C21H24N2O4S/c1-4-27-18-10-8-17(9-11-18)22-20(24)21-12-16(21)13-23(28(21,25)26)19-14(2)6-5-7-15(19)3/h5-11,16H,4,12-13H2,1-3H3,(H,22,24)/t16-,21+/m0/s1. The second-order valence-corrected chi connectivity index (χ2v) is 9.60. The number of anilines is 2. The Hall–Kier alpha value is -2.54. The molecular weight excluding hydrogens is 376 g/mol. The molecule has 2 aromatic rings. The first kappa shape index (κ1) is 18.8. The Morgan fingerprint density at radius 1 is 1.18 bits per heavy atom. The number of carbonyl (C=O) groups is 1. The fourth-order valence-corrected chi connectivity index (χ4v) is 6.66. The molecule has 1 heterocycles. The Kier molecular flexibility index (Phi) is 4.38. The van der Waals surface area contributed by atoms with Crippen LogP contribution < -0.4 is 14.4 Å². The Balaban J connectivity index is 1.60. The van der Waals surface area contributed by atoms with Crippen molar-refractivity contribution < 1.29 is 17.9 Å². The Bertz CT molecular complexity index is 1010. The summed E-state index contributed by atoms with van der Waals surface area (Å²) < 4.78 is 32.2. The van der Waals surface area contributed by atoms with Crippen LogP contribution in [0, 0.1) is 19.8 Å². The molecule has 7 heteroatoms. The predicted octanol–water partition coefficient (Wildman–Crippen LogP) is 3.25. The van der Waals surface area contributed by atoms with Gasteiger partial charge >= 0.3 is 0 Å². The van der Waals surface area contributed by atoms with Gasteiger partial charge in [-0.05, 0) is 62.6 Å². The molecular formula is C21H24N2O4S. The zero-order chi connectivity index (χ0) is 20.1. The van der Waals surface area contributed by atoms with Gasteiger partial charge in [0.2, 0.25) is 15.9 Å². The SMILES string of the molecule is CCOc1ccc(NC(=O)[C@@]23C[C@H]2CN(c2c(C)cccc2C)S3(=O)=O)cc1. The molecule has 148 valence electrons. The van der Waals surface area contributed by atoms with Crippen LogP contribution >= 0.6 is 0 Å². The number of carbonyl (C=O) groups excluding carboxylic acids is 1. The first-order chi connectivity index (χ1) is 13.3. The summed E-state index contributed by atoms with van der Waals surface area (Å²) in [6, 6.07) is 12.7. The summed E-state index contributed by atoms with van der Waals surface area (Å²) in [5.74, 6) is 0.0762. The van der Waals surface area contributed by atoms with E-state index < -0.39 is 20.7 Å². The Morgan fingerprint density at radius 3 is 2.43 bits per heavy atom. The van der Waals surface area contributed by atoms with Crippen LogP contribution in [0.4, 0.5) is 11.4 Å². The van der Waals surface area contributed by atoms with Crippen molar-refractivity contribution in [2.24, 2.45) is 5.92 Å². The monoisotopic (exact) mass is 400 g/mol. The maximum atomic E-state index is 13.4. The fourth-order valence-electron chi connectivity index (χ4n) is 4.17. The fraction of sp³-hybridized carbons (Fsp3) is 0.381. The van der Waals surface area contributed by atoms with Crippen LogP contribution in [0.5, 0.6) is 5.75 Å². The third kappa shape index (κ3) is 2.68. The molecule has 1 N–H and O–H groups in total. The van der Waals surface area contributed by atoms with E-state index in [0.717, 1.165) is 11.1 Å². The third-order valence-electron chi connectivity index (χ3n) is 5.68. The normalized spacial score (nSPS) is 24.5. The van der Waals surface area contributed by atoms with Crippen LogP contribution in [0.3, 0.4) is 0 Å². The van der Waals surface area contributed by atoms with Crippen molar-refractivity contribution in [3.63, 3.8) is 0 Å². The van der Waals surface area contributed by atoms with Gasteiger partial charge in [0, 0.05) is 18.2 Å². The third-order valence-corrected chi connectivity index (χ3v) is 8.20. The Labute approximate surface area is 165 Å². The van der Waals surface area contributed by atoms with Crippen molar-refractivity contribution in [1.29, 1.82) is 0 Å². The largest absolute Gasteiger partial charge is 0.494 e. The highest BCUT2D eigenvalue weighted by Gasteiger charge is 2.75. The zero-order valence-corrected chi connectivity index (χ0v) is 17.0. The summed E-state index contributed by atoms with van der Waals surface area (Å²) in [6.07, 6.45) is 0.375. The number of nitrogens with zero attached hydrogens (tertiary/aromatic N) is 1. The molecule has 2 aliphatic rings. The topological polar surface area (TPSA) is 75.7 Å². The number of para-hydroxylation sites is 1. The van der Waals surface area contributed by atoms with Crippen LogP contribution in [0.1, 0.15) is 24.5 Å². The number of fused-ring (bicyclic) bond motifs is 1. The smallest absolute Gasteiger partial charge is 0.250 e. The molecule has 1 aliphatic heterocycles. The first-order valence-corrected chi connectivity index (χ1v) is 10.9. The molecule has 4 rings (SSSR count). The van der Waals surface area contributed by atoms with Crippen LogP contribution in [-0.4, -0.2) is 32.2 Å². The molecule has 6 nitrogen and oxygen atoms in total. The van der Waals surface area contributed by atoms with E-state index in [4.69, 9.17) is 4.74 Å². The van der Waals surface area contributed by atoms with E-state index in [2.05, 4.69) is 5.32 Å². The molecule has 2 aromatic carbocycles. The summed E-state index contributed by atoms with van der Waals surface area (Å²) in [5, 5.41) is 2.79. The molecule has 0 radical (unpaired) electrons. The molecule has 0 bridgehead atoms. The van der Waals surface area contributed by atoms with Crippen molar-refractivity contribution in [2.75, 3.05) is 22.8 Å². The number of aryl methyl sites for hydroxylation is 2. The minimum Gasteiger partial charge on any atom is -0.494 e. The van der Waals surface area contributed by atoms with Crippen molar-refractivity contribution >= 4 is 27.3 Å². The number of ether oxygens (including phenoxy) is 1. The summed E-state index contributed by atoms with van der Waals surface area (Å²) in [5.41, 5.74) is 3.05. The van der Waals surface area contributed by atoms with Gasteiger partial charge in [-0.2, -0.15) is 0 Å². The van der Waals surface area contributed by atoms with E-state index in [9.17, 15) is 13.2 Å². The number of benzene rings is 2. The molecule has 0 aromatic heterocycles. The lowest BCUT2D eigenvalue weighted by Crippen LogP contribution is -2.42. The van der Waals surface area contributed by atoms with E-state index in [1.165, 1.54) is 4.31 Å². The second-order valence-electron chi connectivity index (χ2n) is 7.48. The number of amides is 1. The highest BCUT2D eigenvalue weighted by atomic mass is 32.2. The average Bonchev–Trinajstić information content (AvgIpc) is 3.34. The van der Waals surface area contributed by atoms with Crippen molar-refractivity contribution in [2.45, 2.75) is 31.9 Å². The van der Waals surface area contributed by atoms with Gasteiger partial charge in [0.25, 0.3) is 0 Å². The zero-order valence-electron chi connectivity index (χ0n) is 16.2. The number of rotatable bonds is 5.